The minimum atomic E-state index is 0.380. The summed E-state index contributed by atoms with van der Waals surface area (Å²) in [5.41, 5.74) is 5.92. The molecule has 0 spiro atoms. The second-order valence-corrected chi connectivity index (χ2v) is 6.37. The third-order valence-electron chi connectivity index (χ3n) is 4.17. The number of hydrogen-bond donors (Lipinski definition) is 2. The zero-order chi connectivity index (χ0) is 12.4. The summed E-state index contributed by atoms with van der Waals surface area (Å²) >= 11 is 1.50. The standard InChI is InChI=1S/C13H22N4S/c14-8-11(9-4-2-1-3-5-9)15-13-16-12(17-18-13)10-6-7-10/h9-11H,1-8,14H2,(H,15,16,17). The molecule has 5 heteroatoms. The van der Waals surface area contributed by atoms with Gasteiger partial charge in [0.15, 0.2) is 0 Å². The van der Waals surface area contributed by atoms with E-state index in [1.165, 1.54) is 56.5 Å². The van der Waals surface area contributed by atoms with Gasteiger partial charge >= 0.3 is 0 Å². The van der Waals surface area contributed by atoms with Crippen molar-refractivity contribution in [3.05, 3.63) is 5.82 Å². The van der Waals surface area contributed by atoms with Gasteiger partial charge in [0.1, 0.15) is 5.82 Å². The third kappa shape index (κ3) is 2.83. The fourth-order valence-corrected chi connectivity index (χ4v) is 3.57. The normalized spacial score (nSPS) is 22.9. The zero-order valence-electron chi connectivity index (χ0n) is 10.8. The fourth-order valence-electron chi connectivity index (χ4n) is 2.87. The van der Waals surface area contributed by atoms with E-state index in [1.54, 1.807) is 0 Å². The molecule has 0 bridgehead atoms. The van der Waals surface area contributed by atoms with Crippen LogP contribution in [0.4, 0.5) is 5.13 Å². The van der Waals surface area contributed by atoms with Gasteiger partial charge in [-0.2, -0.15) is 4.37 Å². The van der Waals surface area contributed by atoms with E-state index in [1.807, 2.05) is 0 Å². The Labute approximate surface area is 113 Å². The molecule has 100 valence electrons. The SMILES string of the molecule is NCC(Nc1nc(C2CC2)ns1)C1CCCCC1. The molecule has 2 aliphatic rings. The number of aromatic nitrogens is 2. The van der Waals surface area contributed by atoms with Gasteiger partial charge in [-0.05, 0) is 31.6 Å². The zero-order valence-corrected chi connectivity index (χ0v) is 11.6. The maximum atomic E-state index is 5.92. The lowest BCUT2D eigenvalue weighted by atomic mass is 9.84. The molecule has 0 amide bonds. The van der Waals surface area contributed by atoms with Crippen molar-refractivity contribution in [2.45, 2.75) is 56.9 Å². The van der Waals surface area contributed by atoms with E-state index in [-0.39, 0.29) is 0 Å². The summed E-state index contributed by atoms with van der Waals surface area (Å²) in [6.07, 6.45) is 9.24. The second kappa shape index (κ2) is 5.53. The molecule has 18 heavy (non-hydrogen) atoms. The molecule has 0 radical (unpaired) electrons. The molecule has 0 aromatic carbocycles. The summed E-state index contributed by atoms with van der Waals surface area (Å²) in [6.45, 7) is 0.697. The molecule has 3 N–H and O–H groups in total. The highest BCUT2D eigenvalue weighted by molar-refractivity contribution is 7.09. The highest BCUT2D eigenvalue weighted by Gasteiger charge is 2.29. The van der Waals surface area contributed by atoms with Gasteiger partial charge in [0.25, 0.3) is 0 Å². The molecule has 1 aromatic heterocycles. The highest BCUT2D eigenvalue weighted by Crippen LogP contribution is 2.39. The van der Waals surface area contributed by atoms with Gasteiger partial charge in [-0.1, -0.05) is 19.3 Å². The topological polar surface area (TPSA) is 63.8 Å². The molecule has 4 nitrogen and oxygen atoms in total. The van der Waals surface area contributed by atoms with Crippen LogP contribution in [0.3, 0.4) is 0 Å². The van der Waals surface area contributed by atoms with Crippen molar-refractivity contribution in [2.75, 3.05) is 11.9 Å². The first-order valence-electron chi connectivity index (χ1n) is 7.17. The van der Waals surface area contributed by atoms with Crippen LogP contribution in [0.5, 0.6) is 0 Å². The first-order valence-corrected chi connectivity index (χ1v) is 7.94. The molecule has 0 saturated heterocycles. The summed E-state index contributed by atoms with van der Waals surface area (Å²) in [5, 5.41) is 4.49. The third-order valence-corrected chi connectivity index (χ3v) is 4.83. The average molecular weight is 266 g/mol. The van der Waals surface area contributed by atoms with Crippen LogP contribution >= 0.6 is 11.5 Å². The summed E-state index contributed by atoms with van der Waals surface area (Å²) in [5.74, 6) is 2.40. The molecule has 1 aromatic rings. The van der Waals surface area contributed by atoms with Crippen molar-refractivity contribution < 1.29 is 0 Å². The molecular weight excluding hydrogens is 244 g/mol. The molecule has 1 atom stereocenters. The second-order valence-electron chi connectivity index (χ2n) is 5.62. The molecular formula is C13H22N4S. The lowest BCUT2D eigenvalue weighted by Gasteiger charge is -2.29. The number of rotatable bonds is 5. The molecule has 1 unspecified atom stereocenters. The Hall–Kier alpha value is -0.680. The Morgan fingerprint density at radius 1 is 1.22 bits per heavy atom. The van der Waals surface area contributed by atoms with E-state index in [0.29, 0.717) is 18.5 Å². The van der Waals surface area contributed by atoms with Crippen LogP contribution in [0.1, 0.15) is 56.7 Å². The molecule has 2 fully saturated rings. The Kier molecular flexibility index (Phi) is 3.80. The van der Waals surface area contributed by atoms with Crippen molar-refractivity contribution in [3.63, 3.8) is 0 Å². The average Bonchev–Trinajstić information content (AvgIpc) is 3.17. The highest BCUT2D eigenvalue weighted by atomic mass is 32.1. The van der Waals surface area contributed by atoms with Crippen LogP contribution in [0.2, 0.25) is 0 Å². The van der Waals surface area contributed by atoms with Crippen molar-refractivity contribution in [1.82, 2.24) is 9.36 Å². The van der Waals surface area contributed by atoms with Crippen molar-refractivity contribution in [2.24, 2.45) is 11.7 Å². The van der Waals surface area contributed by atoms with Gasteiger partial charge in [0.05, 0.1) is 0 Å². The van der Waals surface area contributed by atoms with Gasteiger partial charge < -0.3 is 11.1 Å². The maximum absolute atomic E-state index is 5.92. The minimum absolute atomic E-state index is 0.380. The number of nitrogens with one attached hydrogen (secondary N) is 1. The number of nitrogens with zero attached hydrogens (tertiary/aromatic N) is 2. The van der Waals surface area contributed by atoms with Gasteiger partial charge in [-0.25, -0.2) is 4.98 Å². The van der Waals surface area contributed by atoms with Crippen molar-refractivity contribution in [1.29, 1.82) is 0 Å². The summed E-state index contributed by atoms with van der Waals surface area (Å²) in [6, 6.07) is 0.380. The molecule has 2 aliphatic carbocycles. The minimum Gasteiger partial charge on any atom is -0.356 e. The fraction of sp³-hybridized carbons (Fsp3) is 0.846. The lowest BCUT2D eigenvalue weighted by molar-refractivity contribution is 0.320. The number of nitrogens with two attached hydrogens (primary N) is 1. The predicted octanol–water partition coefficient (Wildman–Crippen LogP) is 2.74. The van der Waals surface area contributed by atoms with Gasteiger partial charge in [0, 0.05) is 30.0 Å². The van der Waals surface area contributed by atoms with Gasteiger partial charge in [-0.15, -0.1) is 0 Å². The Bertz CT molecular complexity index is 382. The summed E-state index contributed by atoms with van der Waals surface area (Å²) < 4.78 is 4.44. The number of hydrogen-bond acceptors (Lipinski definition) is 5. The monoisotopic (exact) mass is 266 g/mol. The quantitative estimate of drug-likeness (QED) is 0.860. The Morgan fingerprint density at radius 2 is 2.00 bits per heavy atom. The van der Waals surface area contributed by atoms with E-state index in [2.05, 4.69) is 14.7 Å². The van der Waals surface area contributed by atoms with Gasteiger partial charge in [0.2, 0.25) is 5.13 Å². The van der Waals surface area contributed by atoms with Crippen LogP contribution in [-0.2, 0) is 0 Å². The molecule has 3 rings (SSSR count). The molecule has 1 heterocycles. The van der Waals surface area contributed by atoms with E-state index in [9.17, 15) is 0 Å². The Balaban J connectivity index is 1.60. The first-order chi connectivity index (χ1) is 8.86. The Morgan fingerprint density at radius 3 is 2.67 bits per heavy atom. The summed E-state index contributed by atoms with van der Waals surface area (Å²) in [4.78, 5) is 4.60. The van der Waals surface area contributed by atoms with E-state index >= 15 is 0 Å². The first kappa shape index (κ1) is 12.4. The van der Waals surface area contributed by atoms with E-state index < -0.39 is 0 Å². The van der Waals surface area contributed by atoms with Crippen molar-refractivity contribution in [3.8, 4) is 0 Å². The lowest BCUT2D eigenvalue weighted by Crippen LogP contribution is -2.37. The summed E-state index contributed by atoms with van der Waals surface area (Å²) in [7, 11) is 0. The molecule has 0 aliphatic heterocycles. The van der Waals surface area contributed by atoms with Crippen LogP contribution in [0.25, 0.3) is 0 Å². The van der Waals surface area contributed by atoms with Gasteiger partial charge in [-0.3, -0.25) is 0 Å². The van der Waals surface area contributed by atoms with E-state index in [0.717, 1.165) is 16.9 Å². The van der Waals surface area contributed by atoms with Crippen LogP contribution < -0.4 is 11.1 Å². The number of anilines is 1. The van der Waals surface area contributed by atoms with Crippen LogP contribution in [0, 0.1) is 5.92 Å². The van der Waals surface area contributed by atoms with Crippen LogP contribution in [0.15, 0.2) is 0 Å². The van der Waals surface area contributed by atoms with Crippen molar-refractivity contribution >= 4 is 16.7 Å². The predicted molar refractivity (Wildman–Crippen MR) is 74.9 cm³/mol. The smallest absolute Gasteiger partial charge is 0.202 e. The maximum Gasteiger partial charge on any atom is 0.202 e. The van der Waals surface area contributed by atoms with E-state index in [4.69, 9.17) is 5.73 Å². The molecule has 2 saturated carbocycles. The van der Waals surface area contributed by atoms with Crippen LogP contribution in [-0.4, -0.2) is 21.9 Å². The largest absolute Gasteiger partial charge is 0.356 e.